The second-order valence-electron chi connectivity index (χ2n) is 16.1. The third kappa shape index (κ3) is 9.15. The van der Waals surface area contributed by atoms with Crippen LogP contribution in [0.2, 0.25) is 0 Å². The Balaban J connectivity index is 0.000000200. The number of imidazole rings is 1. The molecule has 4 aromatic rings. The van der Waals surface area contributed by atoms with E-state index in [0.29, 0.717) is 7.92 Å². The Labute approximate surface area is 322 Å². The molecular formula is C46H65N2PRuS. The zero-order valence-corrected chi connectivity index (χ0v) is 36.5. The van der Waals surface area contributed by atoms with Crippen LogP contribution in [-0.2, 0) is 16.2 Å². The van der Waals surface area contributed by atoms with Crippen molar-refractivity contribution < 1.29 is 16.2 Å². The second-order valence-corrected chi connectivity index (χ2v) is 22.0. The van der Waals surface area contributed by atoms with Gasteiger partial charge in [0.2, 0.25) is 0 Å². The average Bonchev–Trinajstić information content (AvgIpc) is 3.72. The van der Waals surface area contributed by atoms with Crippen molar-refractivity contribution in [2.24, 2.45) is 0 Å². The van der Waals surface area contributed by atoms with Gasteiger partial charge in [0.05, 0.1) is 0 Å². The van der Waals surface area contributed by atoms with Gasteiger partial charge in [-0.1, -0.05) is 65.7 Å². The van der Waals surface area contributed by atoms with E-state index in [0.717, 1.165) is 0 Å². The summed E-state index contributed by atoms with van der Waals surface area (Å²) < 4.78 is 8.93. The molecule has 0 saturated heterocycles. The summed E-state index contributed by atoms with van der Waals surface area (Å²) in [6, 6.07) is 13.6. The molecule has 0 amide bonds. The number of rotatable bonds is 6. The van der Waals surface area contributed by atoms with Gasteiger partial charge in [-0.2, -0.15) is 0 Å². The number of benzene rings is 2. The van der Waals surface area contributed by atoms with Crippen molar-refractivity contribution in [3.05, 3.63) is 95.4 Å². The molecule has 0 aliphatic heterocycles. The van der Waals surface area contributed by atoms with Gasteiger partial charge < -0.3 is 0 Å². The molecule has 0 unspecified atom stereocenters. The van der Waals surface area contributed by atoms with Crippen molar-refractivity contribution in [3.8, 4) is 11.4 Å². The maximum absolute atomic E-state index is 2.54. The Kier molecular flexibility index (Phi) is 13.8. The minimum atomic E-state index is -0.146. The van der Waals surface area contributed by atoms with E-state index in [2.05, 4.69) is 111 Å². The Hall–Kier alpha value is -1.73. The first-order chi connectivity index (χ1) is 24.6. The zero-order valence-electron chi connectivity index (χ0n) is 33.1. The van der Waals surface area contributed by atoms with E-state index >= 15 is 0 Å². The fourth-order valence-corrected chi connectivity index (χ4v) is 17.7. The number of hydrogen-bond donors (Lipinski definition) is 0. The summed E-state index contributed by atoms with van der Waals surface area (Å²) in [6.45, 7) is 17.9. The monoisotopic (exact) mass is 810 g/mol. The van der Waals surface area contributed by atoms with Crippen LogP contribution in [0.15, 0.2) is 41.8 Å². The molecule has 3 aliphatic rings. The molecule has 0 spiro atoms. The van der Waals surface area contributed by atoms with Gasteiger partial charge in [0.1, 0.15) is 0 Å². The van der Waals surface area contributed by atoms with Crippen molar-refractivity contribution >= 4 is 23.9 Å². The predicted octanol–water partition coefficient (Wildman–Crippen LogP) is 13.7. The van der Waals surface area contributed by atoms with Crippen LogP contribution in [0.5, 0.6) is 0 Å². The Morgan fingerprint density at radius 3 is 1.27 bits per heavy atom. The first kappa shape index (κ1) is 39.0. The number of aromatic nitrogens is 2. The van der Waals surface area contributed by atoms with Gasteiger partial charge >= 0.3 is 204 Å². The fraction of sp³-hybridized carbons (Fsp3) is 0.565. The fourth-order valence-electron chi connectivity index (χ4n) is 9.83. The molecule has 278 valence electrons. The number of thiophene rings is 1. The molecule has 3 aliphatic carbocycles. The van der Waals surface area contributed by atoms with Crippen LogP contribution in [-0.4, -0.2) is 30.7 Å². The van der Waals surface area contributed by atoms with Crippen LogP contribution in [0.4, 0.5) is 0 Å². The summed E-state index contributed by atoms with van der Waals surface area (Å²) >= 11 is 1.68. The second kappa shape index (κ2) is 18.1. The van der Waals surface area contributed by atoms with E-state index in [4.69, 9.17) is 0 Å². The predicted molar refractivity (Wildman–Crippen MR) is 223 cm³/mol. The maximum atomic E-state index is 2.54. The molecule has 2 aromatic heterocycles. The summed E-state index contributed by atoms with van der Waals surface area (Å²) in [5, 5.41) is 2.17. The molecule has 7 rings (SSSR count). The number of nitrogens with zero attached hydrogens (tertiary/aromatic N) is 2. The van der Waals surface area contributed by atoms with E-state index in [9.17, 15) is 0 Å². The van der Waals surface area contributed by atoms with E-state index in [-0.39, 0.29) is 16.2 Å². The number of aryl methyl sites for hydroxylation is 6. The van der Waals surface area contributed by atoms with Gasteiger partial charge in [-0.3, -0.25) is 0 Å². The summed E-state index contributed by atoms with van der Waals surface area (Å²) in [4.78, 5) is 1.35. The van der Waals surface area contributed by atoms with Crippen molar-refractivity contribution in [3.63, 3.8) is 0 Å². The van der Waals surface area contributed by atoms with E-state index in [1.54, 1.807) is 77.0 Å². The van der Waals surface area contributed by atoms with Crippen molar-refractivity contribution in [1.82, 2.24) is 9.13 Å². The van der Waals surface area contributed by atoms with Crippen molar-refractivity contribution in [2.45, 2.75) is 169 Å². The first-order valence-electron chi connectivity index (χ1n) is 20.2. The molecule has 5 heteroatoms. The molecule has 3 saturated carbocycles. The van der Waals surface area contributed by atoms with Crippen LogP contribution < -0.4 is 0 Å². The molecule has 0 atom stereocenters. The van der Waals surface area contributed by atoms with E-state index in [1.165, 1.54) is 101 Å². The number of hydrogen-bond acceptors (Lipinski definition) is 1. The van der Waals surface area contributed by atoms with Gasteiger partial charge in [-0.15, -0.1) is 0 Å². The van der Waals surface area contributed by atoms with E-state index < -0.39 is 0 Å². The summed E-state index contributed by atoms with van der Waals surface area (Å²) in [5.41, 5.74) is 16.9. The molecule has 2 heterocycles. The average molecular weight is 810 g/mol. The van der Waals surface area contributed by atoms with Crippen LogP contribution in [0.3, 0.4) is 0 Å². The van der Waals surface area contributed by atoms with Crippen molar-refractivity contribution in [2.75, 3.05) is 0 Å². The first-order valence-corrected chi connectivity index (χ1v) is 24.5. The van der Waals surface area contributed by atoms with Gasteiger partial charge in [-0.25, -0.2) is 0 Å². The molecule has 2 nitrogen and oxygen atoms in total. The normalized spacial score (nSPS) is 17.8. The standard InChI is InChI=1S/C23H28N2.C18H33P.C5H4S.Ru/c1-14-9-16(3)22(17(4)10-14)24-13-25(21(8)20(24)7)23-18(5)11-15(2)12-19(23)6;1-4-10-16(11-5-1)19(17-12-6-2-7-13-17)18-14-8-3-9-15-18;1-5-3-2-4-6-5;/h9-12H,1-8H3;16-18H,1-15H2;1-4H;. The van der Waals surface area contributed by atoms with Gasteiger partial charge in [0.15, 0.2) is 0 Å². The van der Waals surface area contributed by atoms with Crippen LogP contribution >= 0.6 is 19.3 Å². The molecule has 0 bridgehead atoms. The molecular weight excluding hydrogens is 745 g/mol. The molecule has 2 aromatic carbocycles. The zero-order chi connectivity index (χ0) is 36.1. The van der Waals surface area contributed by atoms with Crippen molar-refractivity contribution in [1.29, 1.82) is 0 Å². The molecule has 0 N–H and O–H groups in total. The SMILES string of the molecule is C1CCC(P(C2CCCCC2)C2CCCCC2)CC1.Cc1cc(C)c(-n2c(C)c(C)n(-c3c(C)cc(C)cc3C)[c]2=[Ru]=[CH]c2cccs2)c(C)c1. The topological polar surface area (TPSA) is 9.86 Å². The molecule has 51 heavy (non-hydrogen) atoms. The van der Waals surface area contributed by atoms with Gasteiger partial charge in [0.25, 0.3) is 0 Å². The van der Waals surface area contributed by atoms with Crippen LogP contribution in [0.25, 0.3) is 11.4 Å². The Morgan fingerprint density at radius 2 is 0.941 bits per heavy atom. The third-order valence-electron chi connectivity index (χ3n) is 12.0. The quantitative estimate of drug-likeness (QED) is 0.136. The van der Waals surface area contributed by atoms with Crippen LogP contribution in [0, 0.1) is 59.4 Å². The summed E-state index contributed by atoms with van der Waals surface area (Å²) in [7, 11) is 0.385. The van der Waals surface area contributed by atoms with E-state index in [1.807, 2.05) is 11.3 Å². The minimum absolute atomic E-state index is 0.146. The summed E-state index contributed by atoms with van der Waals surface area (Å²) in [5.74, 6) is 0. The summed E-state index contributed by atoms with van der Waals surface area (Å²) in [6.07, 6.45) is 23.6. The van der Waals surface area contributed by atoms with Crippen LogP contribution in [0.1, 0.15) is 146 Å². The Morgan fingerprint density at radius 1 is 0.569 bits per heavy atom. The van der Waals surface area contributed by atoms with Gasteiger partial charge in [0, 0.05) is 0 Å². The third-order valence-corrected chi connectivity index (χ3v) is 19.3. The Bertz CT molecular complexity index is 1700. The molecule has 0 radical (unpaired) electrons. The molecule has 3 fully saturated rings. The van der Waals surface area contributed by atoms with Gasteiger partial charge in [-0.05, 0) is 55.5 Å².